The van der Waals surface area contributed by atoms with Gasteiger partial charge in [-0.1, -0.05) is 62.4 Å². The summed E-state index contributed by atoms with van der Waals surface area (Å²) >= 11 is 0. The molecule has 204 valence electrons. The van der Waals surface area contributed by atoms with Gasteiger partial charge in [0.25, 0.3) is 0 Å². The van der Waals surface area contributed by atoms with Crippen LogP contribution in [0.2, 0.25) is 0 Å². The standard InChI is InChI=1S/C33H37N7/c1-3-8-30(39-33-19-12-27(21-34)23-38-33)11-7-20-40(25(2)36-22-26-9-5-4-6-10-26)31-16-13-28(14-17-31)29-15-18-32(35)37-24-29/h4-6,9-10,12-19,23-24,30,36H,2-3,7-8,11,20,22H2,1H3,(H2,35,37)(H,38,39). The molecular formula is C33H37N7. The second kappa shape index (κ2) is 14.4. The molecule has 0 saturated heterocycles. The first-order valence-corrected chi connectivity index (χ1v) is 13.7. The van der Waals surface area contributed by atoms with Gasteiger partial charge in [0.15, 0.2) is 0 Å². The Hall–Kier alpha value is -4.83. The number of nitriles is 1. The van der Waals surface area contributed by atoms with Crippen molar-refractivity contribution in [3.8, 4) is 17.2 Å². The molecule has 4 rings (SSSR count). The molecule has 7 heteroatoms. The van der Waals surface area contributed by atoms with Crippen molar-refractivity contribution in [2.75, 3.05) is 22.5 Å². The molecule has 4 N–H and O–H groups in total. The van der Waals surface area contributed by atoms with Gasteiger partial charge in [-0.3, -0.25) is 0 Å². The Morgan fingerprint density at radius 2 is 1.73 bits per heavy atom. The summed E-state index contributed by atoms with van der Waals surface area (Å²) in [6, 6.07) is 28.7. The topological polar surface area (TPSA) is 103 Å². The Morgan fingerprint density at radius 1 is 0.950 bits per heavy atom. The predicted octanol–water partition coefficient (Wildman–Crippen LogP) is 6.73. The normalized spacial score (nSPS) is 11.3. The first-order chi connectivity index (χ1) is 19.6. The monoisotopic (exact) mass is 531 g/mol. The average molecular weight is 532 g/mol. The van der Waals surface area contributed by atoms with Crippen molar-refractivity contribution < 1.29 is 0 Å². The van der Waals surface area contributed by atoms with Gasteiger partial charge in [-0.15, -0.1) is 0 Å². The van der Waals surface area contributed by atoms with Gasteiger partial charge in [0.05, 0.1) is 11.4 Å². The number of benzene rings is 2. The van der Waals surface area contributed by atoms with Gasteiger partial charge in [-0.25, -0.2) is 9.97 Å². The molecular weight excluding hydrogens is 494 g/mol. The van der Waals surface area contributed by atoms with Crippen LogP contribution in [0.15, 0.2) is 104 Å². The smallest absolute Gasteiger partial charge is 0.126 e. The molecule has 0 saturated carbocycles. The Kier molecular flexibility index (Phi) is 10.1. The number of nitrogen functional groups attached to an aromatic ring is 1. The SMILES string of the molecule is C=C(NCc1ccccc1)N(CCCC(CCC)Nc1ccc(C#N)cn1)c1ccc(-c2ccc(N)nc2)cc1. The zero-order valence-corrected chi connectivity index (χ0v) is 23.1. The molecule has 0 fully saturated rings. The van der Waals surface area contributed by atoms with E-state index >= 15 is 0 Å². The zero-order valence-electron chi connectivity index (χ0n) is 23.1. The summed E-state index contributed by atoms with van der Waals surface area (Å²) in [4.78, 5) is 10.9. The lowest BCUT2D eigenvalue weighted by molar-refractivity contribution is 0.564. The molecule has 0 aliphatic heterocycles. The van der Waals surface area contributed by atoms with Crippen LogP contribution in [0.4, 0.5) is 17.3 Å². The van der Waals surface area contributed by atoms with E-state index in [4.69, 9.17) is 11.0 Å². The summed E-state index contributed by atoms with van der Waals surface area (Å²) in [5, 5.41) is 16.1. The highest BCUT2D eigenvalue weighted by Gasteiger charge is 2.14. The van der Waals surface area contributed by atoms with E-state index < -0.39 is 0 Å². The van der Waals surface area contributed by atoms with Crippen LogP contribution in [0.5, 0.6) is 0 Å². The van der Waals surface area contributed by atoms with E-state index in [1.54, 1.807) is 18.5 Å². The first-order valence-electron chi connectivity index (χ1n) is 13.7. The van der Waals surface area contributed by atoms with Crippen LogP contribution in [-0.2, 0) is 6.54 Å². The molecule has 4 aromatic rings. The van der Waals surface area contributed by atoms with Gasteiger partial charge in [0.2, 0.25) is 0 Å². The number of rotatable bonds is 14. The van der Waals surface area contributed by atoms with Gasteiger partial charge in [-0.2, -0.15) is 5.26 Å². The fourth-order valence-corrected chi connectivity index (χ4v) is 4.61. The summed E-state index contributed by atoms with van der Waals surface area (Å²) in [7, 11) is 0. The van der Waals surface area contributed by atoms with E-state index in [1.165, 1.54) is 5.56 Å². The summed E-state index contributed by atoms with van der Waals surface area (Å²) in [5.74, 6) is 2.17. The minimum atomic E-state index is 0.290. The van der Waals surface area contributed by atoms with Gasteiger partial charge in [-0.05, 0) is 66.8 Å². The second-order valence-corrected chi connectivity index (χ2v) is 9.77. The second-order valence-electron chi connectivity index (χ2n) is 9.77. The van der Waals surface area contributed by atoms with E-state index in [2.05, 4.69) is 81.5 Å². The fourth-order valence-electron chi connectivity index (χ4n) is 4.61. The summed E-state index contributed by atoms with van der Waals surface area (Å²) < 4.78 is 0. The fraction of sp³-hybridized carbons (Fsp3) is 0.242. The largest absolute Gasteiger partial charge is 0.384 e. The molecule has 7 nitrogen and oxygen atoms in total. The lowest BCUT2D eigenvalue weighted by Crippen LogP contribution is -2.32. The van der Waals surface area contributed by atoms with E-state index in [1.807, 2.05) is 36.4 Å². The number of hydrogen-bond donors (Lipinski definition) is 3. The lowest BCUT2D eigenvalue weighted by Gasteiger charge is -2.29. The minimum absolute atomic E-state index is 0.290. The third-order valence-corrected chi connectivity index (χ3v) is 6.78. The van der Waals surface area contributed by atoms with Crippen LogP contribution in [0, 0.1) is 11.3 Å². The Morgan fingerprint density at radius 3 is 2.38 bits per heavy atom. The van der Waals surface area contributed by atoms with Crippen molar-refractivity contribution >= 4 is 17.3 Å². The highest BCUT2D eigenvalue weighted by Crippen LogP contribution is 2.25. The van der Waals surface area contributed by atoms with Gasteiger partial charge < -0.3 is 21.3 Å². The number of pyridine rings is 2. The molecule has 0 aliphatic rings. The Labute approximate surface area is 237 Å². The Balaban J connectivity index is 1.45. The maximum Gasteiger partial charge on any atom is 0.126 e. The highest BCUT2D eigenvalue weighted by molar-refractivity contribution is 5.67. The van der Waals surface area contributed by atoms with Crippen LogP contribution in [-0.4, -0.2) is 22.6 Å². The zero-order chi connectivity index (χ0) is 28.2. The number of anilines is 3. The van der Waals surface area contributed by atoms with Crippen molar-refractivity contribution in [1.82, 2.24) is 15.3 Å². The molecule has 0 aliphatic carbocycles. The van der Waals surface area contributed by atoms with Crippen molar-refractivity contribution in [3.63, 3.8) is 0 Å². The summed E-state index contributed by atoms with van der Waals surface area (Å²) in [6.45, 7) is 8.10. The third-order valence-electron chi connectivity index (χ3n) is 6.78. The molecule has 0 bridgehead atoms. The van der Waals surface area contributed by atoms with Crippen molar-refractivity contribution in [3.05, 3.63) is 115 Å². The molecule has 0 spiro atoms. The maximum atomic E-state index is 9.05. The van der Waals surface area contributed by atoms with Crippen LogP contribution < -0.4 is 21.3 Å². The third kappa shape index (κ3) is 8.08. The maximum absolute atomic E-state index is 9.05. The van der Waals surface area contributed by atoms with Crippen LogP contribution in [0.3, 0.4) is 0 Å². The quantitative estimate of drug-likeness (QED) is 0.166. The lowest BCUT2D eigenvalue weighted by atomic mass is 10.0. The molecule has 1 atom stereocenters. The first kappa shape index (κ1) is 28.2. The number of nitrogens with zero attached hydrogens (tertiary/aromatic N) is 4. The minimum Gasteiger partial charge on any atom is -0.384 e. The predicted molar refractivity (Wildman–Crippen MR) is 164 cm³/mol. The Bertz CT molecular complexity index is 1380. The van der Waals surface area contributed by atoms with Crippen LogP contribution in [0.25, 0.3) is 11.1 Å². The number of nitrogens with two attached hydrogens (primary N) is 1. The molecule has 2 aromatic heterocycles. The number of hydrogen-bond acceptors (Lipinski definition) is 7. The van der Waals surface area contributed by atoms with E-state index in [-0.39, 0.29) is 0 Å². The summed E-state index contributed by atoms with van der Waals surface area (Å²) in [5.41, 5.74) is 10.7. The summed E-state index contributed by atoms with van der Waals surface area (Å²) in [6.07, 6.45) is 7.46. The number of nitrogens with one attached hydrogen (secondary N) is 2. The van der Waals surface area contributed by atoms with Gasteiger partial charge >= 0.3 is 0 Å². The van der Waals surface area contributed by atoms with Gasteiger partial charge in [0, 0.05) is 42.8 Å². The van der Waals surface area contributed by atoms with Crippen molar-refractivity contribution in [2.45, 2.75) is 45.2 Å². The van der Waals surface area contributed by atoms with E-state index in [0.717, 1.165) is 60.7 Å². The van der Waals surface area contributed by atoms with Crippen molar-refractivity contribution in [1.29, 1.82) is 5.26 Å². The highest BCUT2D eigenvalue weighted by atomic mass is 15.2. The molecule has 40 heavy (non-hydrogen) atoms. The van der Waals surface area contributed by atoms with E-state index in [9.17, 15) is 0 Å². The molecule has 2 aromatic carbocycles. The van der Waals surface area contributed by atoms with Crippen LogP contribution >= 0.6 is 0 Å². The molecule has 0 amide bonds. The number of aromatic nitrogens is 2. The molecule has 0 radical (unpaired) electrons. The van der Waals surface area contributed by atoms with Crippen molar-refractivity contribution in [2.24, 2.45) is 0 Å². The van der Waals surface area contributed by atoms with E-state index in [0.29, 0.717) is 24.0 Å². The van der Waals surface area contributed by atoms with Gasteiger partial charge in [0.1, 0.15) is 17.7 Å². The van der Waals surface area contributed by atoms with Crippen LogP contribution in [0.1, 0.15) is 43.7 Å². The molecule has 2 heterocycles. The molecule has 1 unspecified atom stereocenters. The average Bonchev–Trinajstić information content (AvgIpc) is 2.99.